The Morgan fingerprint density at radius 2 is 2.18 bits per heavy atom. The zero-order valence-electron chi connectivity index (χ0n) is 13.1. The third-order valence-electron chi connectivity index (χ3n) is 4.38. The average Bonchev–Trinajstić information content (AvgIpc) is 3.07. The van der Waals surface area contributed by atoms with Crippen molar-refractivity contribution in [1.82, 2.24) is 9.88 Å². The number of halogens is 1. The second-order valence-electron chi connectivity index (χ2n) is 6.05. The summed E-state index contributed by atoms with van der Waals surface area (Å²) in [5, 5.41) is 2.67. The van der Waals surface area contributed by atoms with Gasteiger partial charge in [0.1, 0.15) is 10.7 Å². The average molecular weight is 337 g/mol. The van der Waals surface area contributed by atoms with E-state index < -0.39 is 0 Å². The molecule has 1 saturated heterocycles. The second-order valence-corrected chi connectivity index (χ2v) is 7.43. The van der Waals surface area contributed by atoms with E-state index in [1.54, 1.807) is 17.5 Å². The lowest BCUT2D eigenvalue weighted by Crippen LogP contribution is -2.35. The molecule has 1 aliphatic heterocycles. The molecule has 2 aromatic rings. The zero-order valence-corrected chi connectivity index (χ0v) is 14.7. The van der Waals surface area contributed by atoms with Crippen LogP contribution in [-0.4, -0.2) is 23.0 Å². The molecule has 22 heavy (non-hydrogen) atoms. The maximum absolute atomic E-state index is 6.45. The van der Waals surface area contributed by atoms with Gasteiger partial charge in [-0.25, -0.2) is 4.98 Å². The van der Waals surface area contributed by atoms with E-state index in [1.165, 1.54) is 6.42 Å². The Morgan fingerprint density at radius 3 is 2.77 bits per heavy atom. The van der Waals surface area contributed by atoms with Gasteiger partial charge in [0, 0.05) is 29.9 Å². The van der Waals surface area contributed by atoms with Gasteiger partial charge in [0.25, 0.3) is 0 Å². The van der Waals surface area contributed by atoms with Gasteiger partial charge in [-0.05, 0) is 31.7 Å². The summed E-state index contributed by atoms with van der Waals surface area (Å²) in [7, 11) is 0. The molecule has 4 nitrogen and oxygen atoms in total. The summed E-state index contributed by atoms with van der Waals surface area (Å²) < 4.78 is 1.00. The minimum absolute atomic E-state index is 0.676. The number of rotatable bonds is 1. The number of hydrogen-bond acceptors (Lipinski definition) is 5. The van der Waals surface area contributed by atoms with E-state index in [0.29, 0.717) is 10.9 Å². The number of likely N-dealkylation sites (tertiary alicyclic amines) is 1. The number of hydrogen-bond donors (Lipinski definition) is 2. The molecule has 1 atom stereocenters. The quantitative estimate of drug-likeness (QED) is 0.830. The Labute approximate surface area is 139 Å². The highest BCUT2D eigenvalue weighted by molar-refractivity contribution is 7.16. The fourth-order valence-corrected chi connectivity index (χ4v) is 4.49. The lowest BCUT2D eigenvalue weighted by Gasteiger charge is -2.17. The van der Waals surface area contributed by atoms with Gasteiger partial charge in [-0.2, -0.15) is 0 Å². The number of nitrogens with zero attached hydrogens (tertiary/aromatic N) is 2. The zero-order chi connectivity index (χ0) is 16.0. The van der Waals surface area contributed by atoms with Crippen LogP contribution in [0.3, 0.4) is 0 Å². The Bertz CT molecular complexity index is 855. The third-order valence-corrected chi connectivity index (χ3v) is 6.06. The van der Waals surface area contributed by atoms with Crippen LogP contribution in [0.15, 0.2) is 0 Å². The minimum Gasteiger partial charge on any atom is -0.404 e. The smallest absolute Gasteiger partial charge is 0.125 e. The van der Waals surface area contributed by atoms with Crippen molar-refractivity contribution in [3.8, 4) is 0 Å². The van der Waals surface area contributed by atoms with Crippen LogP contribution in [0.1, 0.15) is 24.6 Å². The van der Waals surface area contributed by atoms with Crippen molar-refractivity contribution >= 4 is 45.2 Å². The van der Waals surface area contributed by atoms with Crippen LogP contribution in [0.4, 0.5) is 0 Å². The number of fused-ring (bicyclic) bond motifs is 1. The first-order chi connectivity index (χ1) is 10.4. The molecular formula is C16H21ClN4S. The molecule has 2 aromatic heterocycles. The van der Waals surface area contributed by atoms with Crippen LogP contribution in [0.5, 0.6) is 0 Å². The first-order valence-electron chi connectivity index (χ1n) is 7.46. The van der Waals surface area contributed by atoms with Gasteiger partial charge in [0.05, 0.1) is 15.2 Å². The number of pyridine rings is 1. The monoisotopic (exact) mass is 336 g/mol. The maximum Gasteiger partial charge on any atom is 0.125 e. The molecule has 1 aliphatic rings. The van der Waals surface area contributed by atoms with Gasteiger partial charge in [-0.3, -0.25) is 0 Å². The number of thiophene rings is 1. The highest BCUT2D eigenvalue weighted by atomic mass is 35.5. The molecule has 0 radical (unpaired) electrons. The summed E-state index contributed by atoms with van der Waals surface area (Å²) in [5.74, 6) is 1.48. The van der Waals surface area contributed by atoms with Crippen LogP contribution < -0.4 is 21.2 Å². The Hall–Kier alpha value is -1.46. The van der Waals surface area contributed by atoms with Gasteiger partial charge in [0.2, 0.25) is 0 Å². The van der Waals surface area contributed by atoms with Crippen molar-refractivity contribution in [2.45, 2.75) is 27.2 Å². The highest BCUT2D eigenvalue weighted by Crippen LogP contribution is 2.26. The second kappa shape index (κ2) is 5.63. The van der Waals surface area contributed by atoms with E-state index in [9.17, 15) is 0 Å². The lowest BCUT2D eigenvalue weighted by molar-refractivity contribution is 0.460. The van der Waals surface area contributed by atoms with E-state index in [4.69, 9.17) is 23.1 Å². The summed E-state index contributed by atoms with van der Waals surface area (Å²) >= 11 is 7.96. The number of aromatic nitrogens is 1. The predicted octanol–water partition coefficient (Wildman–Crippen LogP) is 1.63. The molecule has 6 heteroatoms. The first kappa shape index (κ1) is 15.4. The summed E-state index contributed by atoms with van der Waals surface area (Å²) in [4.78, 5) is 7.80. The van der Waals surface area contributed by atoms with Gasteiger partial charge >= 0.3 is 0 Å². The Morgan fingerprint density at radius 1 is 1.45 bits per heavy atom. The summed E-state index contributed by atoms with van der Waals surface area (Å²) in [6.07, 6.45) is 2.80. The largest absolute Gasteiger partial charge is 0.404 e. The normalized spacial score (nSPS) is 21.0. The fraction of sp³-hybridized carbons (Fsp3) is 0.438. The van der Waals surface area contributed by atoms with Crippen molar-refractivity contribution in [3.63, 3.8) is 0 Å². The van der Waals surface area contributed by atoms with Crippen LogP contribution in [0.25, 0.3) is 22.2 Å². The molecular weight excluding hydrogens is 316 g/mol. The van der Waals surface area contributed by atoms with E-state index in [2.05, 4.69) is 16.8 Å². The lowest BCUT2D eigenvalue weighted by atomic mass is 10.1. The maximum atomic E-state index is 6.45. The standard InChI is InChI=1S/C16H21ClN4S/c1-8-4-5-21(7-8)15(19)14-11(6-18)12-9(2)13(17)10(3)20-16(12)22-14/h6,8H,4-5,7,18-19H2,1-3H3/b11-6-,15-14-. The van der Waals surface area contributed by atoms with E-state index in [-0.39, 0.29) is 0 Å². The molecule has 0 aliphatic carbocycles. The molecule has 0 saturated carbocycles. The molecule has 0 spiro atoms. The molecule has 4 N–H and O–H groups in total. The van der Waals surface area contributed by atoms with Crippen LogP contribution >= 0.6 is 22.9 Å². The Kier molecular flexibility index (Phi) is 3.95. The Balaban J connectivity index is 2.34. The molecule has 1 fully saturated rings. The van der Waals surface area contributed by atoms with Crippen molar-refractivity contribution in [3.05, 3.63) is 26.0 Å². The first-order valence-corrected chi connectivity index (χ1v) is 8.65. The van der Waals surface area contributed by atoms with Crippen molar-refractivity contribution in [2.75, 3.05) is 13.1 Å². The fourth-order valence-electron chi connectivity index (χ4n) is 3.10. The topological polar surface area (TPSA) is 68.2 Å². The molecule has 0 aromatic carbocycles. The number of aryl methyl sites for hydroxylation is 2. The predicted molar refractivity (Wildman–Crippen MR) is 95.0 cm³/mol. The van der Waals surface area contributed by atoms with Crippen molar-refractivity contribution < 1.29 is 0 Å². The van der Waals surface area contributed by atoms with Crippen molar-refractivity contribution in [1.29, 1.82) is 0 Å². The van der Waals surface area contributed by atoms with E-state index >= 15 is 0 Å². The van der Waals surface area contributed by atoms with Crippen LogP contribution in [0.2, 0.25) is 5.02 Å². The van der Waals surface area contributed by atoms with E-state index in [1.807, 2.05) is 13.8 Å². The SMILES string of the molecule is Cc1nc2sc(=C(/N)N3CCC(C)C3)/c(=C\N)c2c(C)c1Cl. The van der Waals surface area contributed by atoms with Crippen LogP contribution in [-0.2, 0) is 0 Å². The summed E-state index contributed by atoms with van der Waals surface area (Å²) in [6.45, 7) is 8.18. The number of nitrogens with two attached hydrogens (primary N) is 2. The third kappa shape index (κ3) is 2.32. The van der Waals surface area contributed by atoms with Gasteiger partial charge in [-0.15, -0.1) is 11.3 Å². The minimum atomic E-state index is 0.676. The van der Waals surface area contributed by atoms with Gasteiger partial charge < -0.3 is 16.4 Å². The molecule has 3 rings (SSSR count). The van der Waals surface area contributed by atoms with E-state index in [0.717, 1.165) is 50.1 Å². The molecule has 1 unspecified atom stereocenters. The molecule has 0 amide bonds. The van der Waals surface area contributed by atoms with Gasteiger partial charge in [-0.1, -0.05) is 18.5 Å². The summed E-state index contributed by atoms with van der Waals surface area (Å²) in [6, 6.07) is 0. The van der Waals surface area contributed by atoms with Gasteiger partial charge in [0.15, 0.2) is 0 Å². The summed E-state index contributed by atoms with van der Waals surface area (Å²) in [5.41, 5.74) is 14.2. The van der Waals surface area contributed by atoms with Crippen LogP contribution in [0, 0.1) is 19.8 Å². The molecule has 0 bridgehead atoms. The molecule has 118 valence electrons. The highest BCUT2D eigenvalue weighted by Gasteiger charge is 2.21. The van der Waals surface area contributed by atoms with Crippen molar-refractivity contribution in [2.24, 2.45) is 17.4 Å². The molecule has 3 heterocycles.